The molecule has 13 nitrogen and oxygen atoms in total. The Labute approximate surface area is 238 Å². The van der Waals surface area contributed by atoms with E-state index in [1.807, 2.05) is 6.08 Å². The van der Waals surface area contributed by atoms with Crippen molar-refractivity contribution >= 4 is 57.7 Å². The van der Waals surface area contributed by atoms with Crippen molar-refractivity contribution in [2.75, 3.05) is 38.2 Å². The van der Waals surface area contributed by atoms with Crippen molar-refractivity contribution in [1.29, 1.82) is 0 Å². The number of likely N-dealkylation sites (N-methyl/N-ethyl adjacent to an activating group) is 1. The zero-order valence-electron chi connectivity index (χ0n) is 21.9. The molecule has 0 aromatic carbocycles. The Morgan fingerprint density at radius 3 is 2.60 bits per heavy atom. The van der Waals surface area contributed by atoms with E-state index in [1.165, 1.54) is 34.9 Å². The lowest BCUT2D eigenvalue weighted by Crippen LogP contribution is -2.71. The fourth-order valence-corrected chi connectivity index (χ4v) is 7.15. The molecule has 3 aliphatic heterocycles. The van der Waals surface area contributed by atoms with Gasteiger partial charge in [0.05, 0.1) is 26.7 Å². The predicted molar refractivity (Wildman–Crippen MR) is 147 cm³/mol. The molecule has 15 heteroatoms. The summed E-state index contributed by atoms with van der Waals surface area (Å²) in [4.78, 5) is 60.9. The topological polar surface area (TPSA) is 185 Å². The Hall–Kier alpha value is -3.43. The van der Waals surface area contributed by atoms with Gasteiger partial charge in [0.1, 0.15) is 22.8 Å². The molecule has 1 aromatic rings. The molecule has 0 bridgehead atoms. The molecule has 40 heavy (non-hydrogen) atoms. The van der Waals surface area contributed by atoms with Crippen LogP contribution in [0.5, 0.6) is 0 Å². The van der Waals surface area contributed by atoms with Gasteiger partial charge in [-0.1, -0.05) is 11.2 Å². The van der Waals surface area contributed by atoms with Crippen molar-refractivity contribution in [2.45, 2.75) is 49.1 Å². The smallest absolute Gasteiger partial charge is 0.352 e. The minimum atomic E-state index is -1.52. The van der Waals surface area contributed by atoms with Gasteiger partial charge in [-0.2, -0.15) is 0 Å². The number of aliphatic carboxylic acids is 2. The number of carbonyl (C=O) groups excluding carboxylic acids is 2. The van der Waals surface area contributed by atoms with E-state index in [1.54, 1.807) is 6.08 Å². The number of hydrogen-bond donors (Lipinski definition) is 4. The number of likely N-dealkylation sites (tertiary alicyclic amines) is 1. The molecule has 1 aliphatic carbocycles. The number of anilines is 1. The van der Waals surface area contributed by atoms with E-state index >= 15 is 0 Å². The number of β-lactam (4-membered cyclic amide) rings is 1. The fourth-order valence-electron chi connectivity index (χ4n) is 5.29. The van der Waals surface area contributed by atoms with Crippen LogP contribution in [0.4, 0.5) is 5.13 Å². The van der Waals surface area contributed by atoms with E-state index in [0.29, 0.717) is 17.7 Å². The maximum absolute atomic E-state index is 13.3. The van der Waals surface area contributed by atoms with Crippen LogP contribution in [-0.4, -0.2) is 103 Å². The average molecular weight is 592 g/mol. The van der Waals surface area contributed by atoms with Crippen LogP contribution in [0, 0.1) is 0 Å². The quantitative estimate of drug-likeness (QED) is 0.132. The highest BCUT2D eigenvalue weighted by Gasteiger charge is 2.54. The number of thioether (sulfide) groups is 1. The maximum Gasteiger partial charge on any atom is 0.352 e. The van der Waals surface area contributed by atoms with Crippen LogP contribution in [0.1, 0.15) is 37.8 Å². The number of thiazole rings is 1. The standard InChI is InChI=1S/C25H30N6O7S2/c1-31(9-2-3-10-31)11-4-6-14-12-39-21-17(20(33)30(21)18(14)22(34)35)28-19(32)16(15-13-40-24(26)27-15)29-38-25(23(36)37)7-5-8-25/h4,6,13,17,21H,2-3,5,7-12H2,1H3,(H4-,26,27,28,32,34,35,36,37)/p+1/t17?,21-/m0/s1. The minimum absolute atomic E-state index is 0.0766. The largest absolute Gasteiger partial charge is 0.478 e. The molecule has 1 saturated carbocycles. The molecule has 2 atom stereocenters. The van der Waals surface area contributed by atoms with Crippen LogP contribution in [0.2, 0.25) is 0 Å². The molecule has 0 spiro atoms. The molecular formula is C25H31N6O7S2+. The average Bonchev–Trinajstić information content (AvgIpc) is 3.51. The van der Waals surface area contributed by atoms with Gasteiger partial charge in [0.2, 0.25) is 5.60 Å². The van der Waals surface area contributed by atoms with Crippen LogP contribution in [0.3, 0.4) is 0 Å². The van der Waals surface area contributed by atoms with Gasteiger partial charge in [-0.05, 0) is 18.1 Å². The van der Waals surface area contributed by atoms with E-state index in [2.05, 4.69) is 22.5 Å². The summed E-state index contributed by atoms with van der Waals surface area (Å²) in [5.41, 5.74) is 4.42. The molecule has 2 saturated heterocycles. The first-order valence-corrected chi connectivity index (χ1v) is 14.9. The van der Waals surface area contributed by atoms with Crippen molar-refractivity contribution in [1.82, 2.24) is 15.2 Å². The molecule has 4 heterocycles. The van der Waals surface area contributed by atoms with Gasteiger partial charge in [-0.3, -0.25) is 14.5 Å². The number of hydrogen-bond acceptors (Lipinski definition) is 10. The number of nitrogens with zero attached hydrogens (tertiary/aromatic N) is 4. The molecule has 214 valence electrons. The highest BCUT2D eigenvalue weighted by molar-refractivity contribution is 8.00. The summed E-state index contributed by atoms with van der Waals surface area (Å²) >= 11 is 2.41. The van der Waals surface area contributed by atoms with Crippen LogP contribution in [0.15, 0.2) is 34.0 Å². The third-order valence-electron chi connectivity index (χ3n) is 7.84. The number of rotatable bonds is 10. The molecule has 5 N–H and O–H groups in total. The second kappa shape index (κ2) is 10.9. The molecule has 5 rings (SSSR count). The number of carboxylic acids is 2. The summed E-state index contributed by atoms with van der Waals surface area (Å²) in [6.45, 7) is 2.95. The van der Waals surface area contributed by atoms with Gasteiger partial charge in [0, 0.05) is 36.8 Å². The van der Waals surface area contributed by atoms with E-state index in [4.69, 9.17) is 10.6 Å². The van der Waals surface area contributed by atoms with Crippen LogP contribution < -0.4 is 11.1 Å². The zero-order valence-corrected chi connectivity index (χ0v) is 23.5. The van der Waals surface area contributed by atoms with E-state index in [9.17, 15) is 29.4 Å². The molecule has 3 fully saturated rings. The van der Waals surface area contributed by atoms with Crippen LogP contribution in [-0.2, 0) is 24.0 Å². The van der Waals surface area contributed by atoms with E-state index in [0.717, 1.165) is 35.5 Å². The molecule has 2 amide bonds. The number of quaternary nitrogens is 1. The van der Waals surface area contributed by atoms with Crippen molar-refractivity contribution in [2.24, 2.45) is 5.16 Å². The van der Waals surface area contributed by atoms with Crippen molar-refractivity contribution < 1.29 is 38.7 Å². The molecule has 1 unspecified atom stereocenters. The normalized spacial score (nSPS) is 25.3. The van der Waals surface area contributed by atoms with Crippen LogP contribution >= 0.6 is 23.1 Å². The number of allylic oxidation sites excluding steroid dienone is 1. The monoisotopic (exact) mass is 591 g/mol. The SMILES string of the molecule is C[N+]1(CC=CC2=C(C(=O)O)N3C(=O)C(NC(=O)C(=NOC4(C(=O)O)CCC4)c4csc(N)n4)[C@@H]3SC2)CCCC1. The van der Waals surface area contributed by atoms with Crippen molar-refractivity contribution in [3.63, 3.8) is 0 Å². The highest BCUT2D eigenvalue weighted by atomic mass is 32.2. The summed E-state index contributed by atoms with van der Waals surface area (Å²) in [7, 11) is 2.18. The Morgan fingerprint density at radius 2 is 2.02 bits per heavy atom. The lowest BCUT2D eigenvalue weighted by atomic mass is 9.80. The number of carboxylic acid groups (broad SMARTS) is 2. The second-order valence-electron chi connectivity index (χ2n) is 10.7. The number of oxime groups is 1. The lowest BCUT2D eigenvalue weighted by molar-refractivity contribution is -0.891. The summed E-state index contributed by atoms with van der Waals surface area (Å²) in [5.74, 6) is -3.41. The molecule has 4 aliphatic rings. The number of nitrogens with one attached hydrogen (secondary N) is 1. The van der Waals surface area contributed by atoms with Crippen molar-refractivity contribution in [3.8, 4) is 0 Å². The number of nitrogen functional groups attached to an aromatic ring is 1. The number of aromatic nitrogens is 1. The Morgan fingerprint density at radius 1 is 1.30 bits per heavy atom. The summed E-state index contributed by atoms with van der Waals surface area (Å²) < 4.78 is 0.907. The molecule has 0 radical (unpaired) electrons. The summed E-state index contributed by atoms with van der Waals surface area (Å²) in [6, 6.07) is -1.01. The minimum Gasteiger partial charge on any atom is -0.478 e. The van der Waals surface area contributed by atoms with Gasteiger partial charge in [-0.15, -0.1) is 23.1 Å². The Bertz CT molecular complexity index is 1330. The van der Waals surface area contributed by atoms with Gasteiger partial charge < -0.3 is 30.6 Å². The number of nitrogens with two attached hydrogens (primary N) is 1. The number of carbonyl (C=O) groups is 4. The molecule has 1 aromatic heterocycles. The first-order valence-electron chi connectivity index (χ1n) is 13.0. The lowest BCUT2D eigenvalue weighted by Gasteiger charge is -2.49. The predicted octanol–water partition coefficient (Wildman–Crippen LogP) is 0.989. The van der Waals surface area contributed by atoms with Crippen LogP contribution in [0.25, 0.3) is 0 Å². The molecular weight excluding hydrogens is 560 g/mol. The van der Waals surface area contributed by atoms with Gasteiger partial charge in [0.25, 0.3) is 11.8 Å². The zero-order chi connectivity index (χ0) is 28.7. The number of fused-ring (bicyclic) bond motifs is 1. The Balaban J connectivity index is 1.32. The highest BCUT2D eigenvalue weighted by Crippen LogP contribution is 2.41. The first-order chi connectivity index (χ1) is 19.0. The third kappa shape index (κ3) is 5.20. The van der Waals surface area contributed by atoms with Gasteiger partial charge in [0.15, 0.2) is 10.8 Å². The Kier molecular flexibility index (Phi) is 7.63. The summed E-state index contributed by atoms with van der Waals surface area (Å²) in [5, 5.41) is 27.0. The third-order valence-corrected chi connectivity index (χ3v) is 9.82. The first kappa shape index (κ1) is 28.1. The number of amides is 2. The van der Waals surface area contributed by atoms with Gasteiger partial charge >= 0.3 is 11.9 Å². The summed E-state index contributed by atoms with van der Waals surface area (Å²) in [6.07, 6.45) is 7.25. The maximum atomic E-state index is 13.3. The van der Waals surface area contributed by atoms with Crippen molar-refractivity contribution in [3.05, 3.63) is 34.5 Å². The van der Waals surface area contributed by atoms with Gasteiger partial charge in [-0.25, -0.2) is 14.6 Å². The fraction of sp³-hybridized carbons (Fsp3) is 0.520. The second-order valence-corrected chi connectivity index (χ2v) is 12.6. The van der Waals surface area contributed by atoms with E-state index in [-0.39, 0.29) is 35.1 Å². The van der Waals surface area contributed by atoms with E-state index < -0.39 is 40.8 Å².